The lowest BCUT2D eigenvalue weighted by Gasteiger charge is -2.21. The number of nitrogens with zero attached hydrogens (tertiary/aromatic N) is 1. The summed E-state index contributed by atoms with van der Waals surface area (Å²) in [6, 6.07) is 8.26. The molecule has 5 nitrogen and oxygen atoms in total. The van der Waals surface area contributed by atoms with Gasteiger partial charge in [-0.2, -0.15) is 0 Å². The second kappa shape index (κ2) is 7.02. The van der Waals surface area contributed by atoms with E-state index in [-0.39, 0.29) is 18.0 Å². The van der Waals surface area contributed by atoms with Crippen molar-refractivity contribution in [2.75, 3.05) is 13.1 Å². The third-order valence-corrected chi connectivity index (χ3v) is 4.52. The molecular weight excluding hydrogens is 290 g/mol. The van der Waals surface area contributed by atoms with Gasteiger partial charge in [-0.1, -0.05) is 24.3 Å². The molecule has 2 aliphatic rings. The summed E-state index contributed by atoms with van der Waals surface area (Å²) in [7, 11) is 0. The fourth-order valence-electron chi connectivity index (χ4n) is 3.05. The van der Waals surface area contributed by atoms with E-state index in [9.17, 15) is 9.59 Å². The Labute approximate surface area is 137 Å². The van der Waals surface area contributed by atoms with Crippen molar-refractivity contribution in [2.45, 2.75) is 51.1 Å². The summed E-state index contributed by atoms with van der Waals surface area (Å²) in [4.78, 5) is 25.3. The molecule has 2 fully saturated rings. The molecule has 1 aliphatic carbocycles. The summed E-state index contributed by atoms with van der Waals surface area (Å²) >= 11 is 0. The zero-order valence-corrected chi connectivity index (χ0v) is 13.7. The zero-order chi connectivity index (χ0) is 16.2. The van der Waals surface area contributed by atoms with Crippen LogP contribution in [0.5, 0.6) is 0 Å². The molecule has 5 heteroatoms. The van der Waals surface area contributed by atoms with Crippen LogP contribution in [-0.4, -0.2) is 36.0 Å². The molecule has 2 N–H and O–H groups in total. The summed E-state index contributed by atoms with van der Waals surface area (Å²) in [6.45, 7) is 3.84. The maximum absolute atomic E-state index is 11.9. The third-order valence-electron chi connectivity index (χ3n) is 4.52. The van der Waals surface area contributed by atoms with Crippen LogP contribution in [0.3, 0.4) is 0 Å². The quantitative estimate of drug-likeness (QED) is 0.846. The number of nitrogens with one attached hydrogen (secondary N) is 2. The van der Waals surface area contributed by atoms with Crippen molar-refractivity contribution in [2.24, 2.45) is 0 Å². The van der Waals surface area contributed by atoms with Gasteiger partial charge in [-0.15, -0.1) is 0 Å². The predicted molar refractivity (Wildman–Crippen MR) is 89.1 cm³/mol. The van der Waals surface area contributed by atoms with Crippen LogP contribution in [-0.2, 0) is 11.3 Å². The number of carbonyl (C=O) groups excluding carboxylic acids is 2. The average Bonchev–Trinajstić information content (AvgIpc) is 3.31. The monoisotopic (exact) mass is 315 g/mol. The van der Waals surface area contributed by atoms with Gasteiger partial charge in [0.15, 0.2) is 0 Å². The first-order valence-electron chi connectivity index (χ1n) is 8.53. The van der Waals surface area contributed by atoms with Crippen molar-refractivity contribution in [3.05, 3.63) is 35.4 Å². The van der Waals surface area contributed by atoms with E-state index in [4.69, 9.17) is 0 Å². The lowest BCUT2D eigenvalue weighted by Crippen LogP contribution is -2.46. The highest BCUT2D eigenvalue weighted by Gasteiger charge is 2.23. The van der Waals surface area contributed by atoms with Crippen LogP contribution in [0.15, 0.2) is 24.3 Å². The Balaban J connectivity index is 1.39. The Morgan fingerprint density at radius 2 is 2.04 bits per heavy atom. The van der Waals surface area contributed by atoms with Crippen molar-refractivity contribution < 1.29 is 9.59 Å². The highest BCUT2D eigenvalue weighted by molar-refractivity contribution is 5.78. The van der Waals surface area contributed by atoms with E-state index < -0.39 is 0 Å². The van der Waals surface area contributed by atoms with Gasteiger partial charge in [-0.25, -0.2) is 4.79 Å². The average molecular weight is 315 g/mol. The largest absolute Gasteiger partial charge is 0.341 e. The number of urea groups is 1. The predicted octanol–water partition coefficient (Wildman–Crippen LogP) is 2.37. The molecule has 0 aromatic heterocycles. The molecule has 1 atom stereocenters. The van der Waals surface area contributed by atoms with E-state index in [2.05, 4.69) is 34.9 Å². The summed E-state index contributed by atoms with van der Waals surface area (Å²) in [5.41, 5.74) is 2.51. The second-order valence-electron chi connectivity index (χ2n) is 6.69. The highest BCUT2D eigenvalue weighted by Crippen LogP contribution is 2.39. The highest BCUT2D eigenvalue weighted by atomic mass is 16.2. The number of amides is 3. The molecule has 1 aromatic carbocycles. The molecule has 1 aliphatic heterocycles. The standard InChI is InChI=1S/C18H25N3O2/c1-13(12-21-10-2-3-17(21)22)20-18(23)19-11-14-4-6-15(7-5-14)16-8-9-16/h4-7,13,16H,2-3,8-12H2,1H3,(H2,19,20,23)/t13-/m0/s1. The maximum Gasteiger partial charge on any atom is 0.315 e. The first-order valence-corrected chi connectivity index (χ1v) is 8.53. The van der Waals surface area contributed by atoms with Crippen LogP contribution in [0.25, 0.3) is 0 Å². The van der Waals surface area contributed by atoms with E-state index in [1.807, 2.05) is 11.8 Å². The Bertz CT molecular complexity index is 566. The smallest absolute Gasteiger partial charge is 0.315 e. The van der Waals surface area contributed by atoms with Crippen molar-refractivity contribution in [3.63, 3.8) is 0 Å². The molecule has 0 spiro atoms. The van der Waals surface area contributed by atoms with Crippen LogP contribution in [0.4, 0.5) is 4.79 Å². The Morgan fingerprint density at radius 3 is 2.65 bits per heavy atom. The molecule has 0 bridgehead atoms. The lowest BCUT2D eigenvalue weighted by molar-refractivity contribution is -0.127. The van der Waals surface area contributed by atoms with Gasteiger partial charge in [-0.05, 0) is 43.2 Å². The minimum atomic E-state index is -0.185. The summed E-state index contributed by atoms with van der Waals surface area (Å²) < 4.78 is 0. The van der Waals surface area contributed by atoms with Crippen LogP contribution in [0.1, 0.15) is 49.7 Å². The van der Waals surface area contributed by atoms with Gasteiger partial charge in [0.2, 0.25) is 5.91 Å². The third kappa shape index (κ3) is 4.47. The van der Waals surface area contributed by atoms with Gasteiger partial charge in [0, 0.05) is 32.1 Å². The first kappa shape index (κ1) is 15.8. The minimum absolute atomic E-state index is 0.0470. The number of rotatable bonds is 6. The fraction of sp³-hybridized carbons (Fsp3) is 0.556. The Morgan fingerprint density at radius 1 is 1.30 bits per heavy atom. The Hall–Kier alpha value is -2.04. The van der Waals surface area contributed by atoms with Crippen LogP contribution >= 0.6 is 0 Å². The van der Waals surface area contributed by atoms with Crippen molar-refractivity contribution >= 4 is 11.9 Å². The molecule has 1 saturated heterocycles. The van der Waals surface area contributed by atoms with Gasteiger partial charge in [0.1, 0.15) is 0 Å². The van der Waals surface area contributed by atoms with E-state index in [1.54, 1.807) is 0 Å². The number of benzene rings is 1. The van der Waals surface area contributed by atoms with Crippen molar-refractivity contribution in [1.82, 2.24) is 15.5 Å². The molecule has 1 saturated carbocycles. The zero-order valence-electron chi connectivity index (χ0n) is 13.7. The van der Waals surface area contributed by atoms with E-state index in [1.165, 1.54) is 18.4 Å². The molecule has 23 heavy (non-hydrogen) atoms. The molecule has 1 heterocycles. The summed E-state index contributed by atoms with van der Waals surface area (Å²) in [5.74, 6) is 0.948. The fourth-order valence-corrected chi connectivity index (χ4v) is 3.05. The van der Waals surface area contributed by atoms with Crippen LogP contribution in [0.2, 0.25) is 0 Å². The molecule has 1 aromatic rings. The molecule has 124 valence electrons. The summed E-state index contributed by atoms with van der Waals surface area (Å²) in [5, 5.41) is 5.77. The molecule has 3 amide bonds. The number of carbonyl (C=O) groups is 2. The Kier molecular flexibility index (Phi) is 4.84. The lowest BCUT2D eigenvalue weighted by atomic mass is 10.1. The number of hydrogen-bond acceptors (Lipinski definition) is 2. The maximum atomic E-state index is 11.9. The molecule has 0 radical (unpaired) electrons. The first-order chi connectivity index (χ1) is 11.1. The SMILES string of the molecule is C[C@@H](CN1CCCC1=O)NC(=O)NCc1ccc(C2CC2)cc1. The van der Waals surface area contributed by atoms with Gasteiger partial charge in [0.05, 0.1) is 0 Å². The van der Waals surface area contributed by atoms with Gasteiger partial charge < -0.3 is 15.5 Å². The minimum Gasteiger partial charge on any atom is -0.341 e. The molecule has 3 rings (SSSR count). The van der Waals surface area contributed by atoms with Crippen LogP contribution in [0, 0.1) is 0 Å². The number of likely N-dealkylation sites (tertiary alicyclic amines) is 1. The van der Waals surface area contributed by atoms with Gasteiger partial charge in [-0.3, -0.25) is 4.79 Å². The molecule has 0 unspecified atom stereocenters. The van der Waals surface area contributed by atoms with Crippen LogP contribution < -0.4 is 10.6 Å². The number of hydrogen-bond donors (Lipinski definition) is 2. The second-order valence-corrected chi connectivity index (χ2v) is 6.69. The normalized spacial score (nSPS) is 18.8. The van der Waals surface area contributed by atoms with Gasteiger partial charge in [0.25, 0.3) is 0 Å². The van der Waals surface area contributed by atoms with E-state index in [0.29, 0.717) is 19.5 Å². The summed E-state index contributed by atoms with van der Waals surface area (Å²) in [6.07, 6.45) is 4.17. The van der Waals surface area contributed by atoms with E-state index in [0.717, 1.165) is 24.4 Å². The van der Waals surface area contributed by atoms with Crippen molar-refractivity contribution in [1.29, 1.82) is 0 Å². The van der Waals surface area contributed by atoms with E-state index >= 15 is 0 Å². The van der Waals surface area contributed by atoms with Crippen molar-refractivity contribution in [3.8, 4) is 0 Å². The van der Waals surface area contributed by atoms with Gasteiger partial charge >= 0.3 is 6.03 Å². The topological polar surface area (TPSA) is 61.4 Å². The molecular formula is C18H25N3O2.